The second kappa shape index (κ2) is 4.41. The molecule has 0 bridgehead atoms. The largest absolute Gasteiger partial charge is 0.481 e. The van der Waals surface area contributed by atoms with E-state index in [2.05, 4.69) is 5.32 Å². The van der Waals surface area contributed by atoms with Gasteiger partial charge in [-0.3, -0.25) is 9.59 Å². The molecule has 2 N–H and O–H groups in total. The van der Waals surface area contributed by atoms with E-state index < -0.39 is 11.4 Å². The van der Waals surface area contributed by atoms with Crippen LogP contribution in [0.4, 0.5) is 0 Å². The molecule has 0 aromatic heterocycles. The first kappa shape index (κ1) is 13.0. The number of aliphatic carboxylic acids is 1. The molecule has 0 aromatic rings. The lowest BCUT2D eigenvalue weighted by atomic mass is 9.88. The summed E-state index contributed by atoms with van der Waals surface area (Å²) in [5.41, 5.74) is -1.37. The van der Waals surface area contributed by atoms with Crippen LogP contribution in [0.3, 0.4) is 0 Å². The molecule has 92 valence electrons. The quantitative estimate of drug-likeness (QED) is 0.747. The van der Waals surface area contributed by atoms with Crippen molar-refractivity contribution in [2.45, 2.75) is 39.2 Å². The summed E-state index contributed by atoms with van der Waals surface area (Å²) in [4.78, 5) is 22.6. The lowest BCUT2D eigenvalue weighted by Crippen LogP contribution is -2.48. The van der Waals surface area contributed by atoms with Crippen LogP contribution in [0.2, 0.25) is 0 Å². The van der Waals surface area contributed by atoms with Crippen molar-refractivity contribution in [2.75, 3.05) is 13.2 Å². The standard InChI is InChI=1S/C11H19NO4/c1-10(2,9(14)15)6-8(13)12-11(3)4-5-16-7-11/h4-7H2,1-3H3,(H,12,13)(H,14,15). The average molecular weight is 229 g/mol. The Morgan fingerprint density at radius 2 is 2.12 bits per heavy atom. The highest BCUT2D eigenvalue weighted by molar-refractivity contribution is 5.84. The molecule has 1 saturated heterocycles. The summed E-state index contributed by atoms with van der Waals surface area (Å²) in [7, 11) is 0. The minimum absolute atomic E-state index is 0.0159. The molecule has 1 amide bonds. The van der Waals surface area contributed by atoms with E-state index in [1.54, 1.807) is 13.8 Å². The molecule has 1 atom stereocenters. The molecule has 0 saturated carbocycles. The third-order valence-electron chi connectivity index (χ3n) is 2.84. The normalized spacial score (nSPS) is 25.4. The van der Waals surface area contributed by atoms with Crippen LogP contribution in [0.15, 0.2) is 0 Å². The average Bonchev–Trinajstić information content (AvgIpc) is 2.49. The summed E-state index contributed by atoms with van der Waals surface area (Å²) in [6, 6.07) is 0. The van der Waals surface area contributed by atoms with Gasteiger partial charge in [-0.15, -0.1) is 0 Å². The molecule has 0 radical (unpaired) electrons. The van der Waals surface area contributed by atoms with Crippen LogP contribution in [-0.4, -0.2) is 35.7 Å². The second-order valence-electron chi connectivity index (χ2n) is 5.28. The monoisotopic (exact) mass is 229 g/mol. The van der Waals surface area contributed by atoms with Crippen LogP contribution >= 0.6 is 0 Å². The van der Waals surface area contributed by atoms with E-state index in [1.807, 2.05) is 6.92 Å². The van der Waals surface area contributed by atoms with E-state index in [4.69, 9.17) is 9.84 Å². The van der Waals surface area contributed by atoms with Gasteiger partial charge < -0.3 is 15.2 Å². The highest BCUT2D eigenvalue weighted by Gasteiger charge is 2.35. The predicted molar refractivity (Wildman–Crippen MR) is 58.0 cm³/mol. The Bertz CT molecular complexity index is 292. The minimum atomic E-state index is -1.03. The third kappa shape index (κ3) is 3.20. The van der Waals surface area contributed by atoms with Crippen LogP contribution in [0.5, 0.6) is 0 Å². The zero-order valence-corrected chi connectivity index (χ0v) is 10.0. The van der Waals surface area contributed by atoms with Gasteiger partial charge in [-0.2, -0.15) is 0 Å². The molecule has 16 heavy (non-hydrogen) atoms. The summed E-state index contributed by atoms with van der Waals surface area (Å²) >= 11 is 0. The molecule has 1 heterocycles. The maximum Gasteiger partial charge on any atom is 0.309 e. The molecule has 5 heteroatoms. The first-order valence-electron chi connectivity index (χ1n) is 5.37. The number of nitrogens with one attached hydrogen (secondary N) is 1. The lowest BCUT2D eigenvalue weighted by Gasteiger charge is -2.26. The zero-order valence-electron chi connectivity index (χ0n) is 10.0. The van der Waals surface area contributed by atoms with E-state index in [0.717, 1.165) is 6.42 Å². The maximum absolute atomic E-state index is 11.7. The van der Waals surface area contributed by atoms with E-state index >= 15 is 0 Å². The molecule has 1 rings (SSSR count). The van der Waals surface area contributed by atoms with Gasteiger partial charge in [-0.05, 0) is 27.2 Å². The Kier molecular flexibility index (Phi) is 3.57. The first-order chi connectivity index (χ1) is 7.25. The fourth-order valence-corrected chi connectivity index (χ4v) is 1.62. The summed E-state index contributed by atoms with van der Waals surface area (Å²) in [5.74, 6) is -1.20. The number of carbonyl (C=O) groups is 2. The van der Waals surface area contributed by atoms with Crippen molar-refractivity contribution in [3.63, 3.8) is 0 Å². The summed E-state index contributed by atoms with van der Waals surface area (Å²) < 4.78 is 5.21. The Morgan fingerprint density at radius 3 is 2.56 bits per heavy atom. The number of carboxylic acids is 1. The fourth-order valence-electron chi connectivity index (χ4n) is 1.62. The maximum atomic E-state index is 11.7. The van der Waals surface area contributed by atoms with Gasteiger partial charge >= 0.3 is 5.97 Å². The molecule has 0 spiro atoms. The predicted octanol–water partition coefficient (Wildman–Crippen LogP) is 0.782. The molecule has 0 aliphatic carbocycles. The lowest BCUT2D eigenvalue weighted by molar-refractivity contribution is -0.149. The summed E-state index contributed by atoms with van der Waals surface area (Å²) in [6.07, 6.45) is 0.754. The molecule has 0 aromatic carbocycles. The van der Waals surface area contributed by atoms with Crippen molar-refractivity contribution in [3.05, 3.63) is 0 Å². The van der Waals surface area contributed by atoms with Gasteiger partial charge in [-0.1, -0.05) is 0 Å². The number of carboxylic acid groups (broad SMARTS) is 1. The van der Waals surface area contributed by atoms with Crippen LogP contribution in [-0.2, 0) is 14.3 Å². The number of amides is 1. The van der Waals surface area contributed by atoms with Gasteiger partial charge in [0.1, 0.15) is 0 Å². The van der Waals surface area contributed by atoms with E-state index in [1.165, 1.54) is 0 Å². The zero-order chi connectivity index (χ0) is 12.4. The Balaban J connectivity index is 2.50. The molecule has 1 fully saturated rings. The van der Waals surface area contributed by atoms with Crippen molar-refractivity contribution in [2.24, 2.45) is 5.41 Å². The molecular formula is C11H19NO4. The minimum Gasteiger partial charge on any atom is -0.481 e. The van der Waals surface area contributed by atoms with Crippen LogP contribution in [0.25, 0.3) is 0 Å². The summed E-state index contributed by atoms with van der Waals surface area (Å²) in [6.45, 7) is 6.13. The molecule has 1 aliphatic rings. The Labute approximate surface area is 95.2 Å². The molecule has 1 aliphatic heterocycles. The van der Waals surface area contributed by atoms with Gasteiger partial charge in [0.2, 0.25) is 5.91 Å². The fraction of sp³-hybridized carbons (Fsp3) is 0.818. The smallest absolute Gasteiger partial charge is 0.309 e. The van der Waals surface area contributed by atoms with Crippen LogP contribution in [0.1, 0.15) is 33.6 Å². The van der Waals surface area contributed by atoms with Gasteiger partial charge in [0.25, 0.3) is 0 Å². The van der Waals surface area contributed by atoms with Gasteiger partial charge in [0.05, 0.1) is 17.6 Å². The van der Waals surface area contributed by atoms with Gasteiger partial charge in [0.15, 0.2) is 0 Å². The van der Waals surface area contributed by atoms with Crippen LogP contribution < -0.4 is 5.32 Å². The third-order valence-corrected chi connectivity index (χ3v) is 2.84. The Morgan fingerprint density at radius 1 is 1.50 bits per heavy atom. The second-order valence-corrected chi connectivity index (χ2v) is 5.28. The van der Waals surface area contributed by atoms with E-state index in [0.29, 0.717) is 13.2 Å². The molecule has 5 nitrogen and oxygen atoms in total. The molecule has 1 unspecified atom stereocenters. The van der Waals surface area contributed by atoms with Crippen molar-refractivity contribution in [1.29, 1.82) is 0 Å². The van der Waals surface area contributed by atoms with Gasteiger partial charge in [0, 0.05) is 13.0 Å². The number of rotatable bonds is 4. The van der Waals surface area contributed by atoms with Crippen molar-refractivity contribution < 1.29 is 19.4 Å². The number of hydrogen-bond donors (Lipinski definition) is 2. The van der Waals surface area contributed by atoms with E-state index in [9.17, 15) is 9.59 Å². The van der Waals surface area contributed by atoms with E-state index in [-0.39, 0.29) is 17.9 Å². The number of ether oxygens (including phenoxy) is 1. The first-order valence-corrected chi connectivity index (χ1v) is 5.37. The SMILES string of the molecule is CC1(NC(=O)CC(C)(C)C(=O)O)CCOC1. The van der Waals surface area contributed by atoms with Gasteiger partial charge in [-0.25, -0.2) is 0 Å². The number of hydrogen-bond acceptors (Lipinski definition) is 3. The van der Waals surface area contributed by atoms with Crippen molar-refractivity contribution in [1.82, 2.24) is 5.32 Å². The topological polar surface area (TPSA) is 75.6 Å². The summed E-state index contributed by atoms with van der Waals surface area (Å²) in [5, 5.41) is 11.7. The molecular weight excluding hydrogens is 210 g/mol. The Hall–Kier alpha value is -1.10. The number of carbonyl (C=O) groups excluding carboxylic acids is 1. The van der Waals surface area contributed by atoms with Crippen LogP contribution in [0, 0.1) is 5.41 Å². The highest BCUT2D eigenvalue weighted by Crippen LogP contribution is 2.22. The van der Waals surface area contributed by atoms with Crippen molar-refractivity contribution >= 4 is 11.9 Å². The highest BCUT2D eigenvalue weighted by atomic mass is 16.5. The van der Waals surface area contributed by atoms with Crippen molar-refractivity contribution in [3.8, 4) is 0 Å².